The molecule has 2 rings (SSSR count). The average Bonchev–Trinajstić information content (AvgIpc) is 2.44. The Morgan fingerprint density at radius 2 is 1.85 bits per heavy atom. The van der Waals surface area contributed by atoms with Gasteiger partial charge < -0.3 is 5.11 Å². The van der Waals surface area contributed by atoms with Gasteiger partial charge in [0.1, 0.15) is 5.82 Å². The molecule has 0 aliphatic carbocycles. The second kappa shape index (κ2) is 6.38. The van der Waals surface area contributed by atoms with E-state index in [1.807, 2.05) is 37.3 Å². The fraction of sp³-hybridized carbons (Fsp3) is 0.294. The molecule has 20 heavy (non-hydrogen) atoms. The van der Waals surface area contributed by atoms with Gasteiger partial charge >= 0.3 is 0 Å². The summed E-state index contributed by atoms with van der Waals surface area (Å²) in [6.07, 6.45) is 1.60. The molecule has 0 spiro atoms. The van der Waals surface area contributed by atoms with Gasteiger partial charge in [-0.25, -0.2) is 4.39 Å². The van der Waals surface area contributed by atoms with Crippen LogP contribution in [0.2, 0.25) is 5.02 Å². The first-order chi connectivity index (χ1) is 9.55. The SMILES string of the molecule is CCCC(O)(Cc1cc(Cl)ccc1F)c1ccccc1. The van der Waals surface area contributed by atoms with Crippen molar-refractivity contribution >= 4 is 11.6 Å². The van der Waals surface area contributed by atoms with E-state index in [0.717, 1.165) is 12.0 Å². The summed E-state index contributed by atoms with van der Waals surface area (Å²) in [5.74, 6) is -0.333. The van der Waals surface area contributed by atoms with Crippen LogP contribution >= 0.6 is 11.6 Å². The molecule has 0 amide bonds. The maximum Gasteiger partial charge on any atom is 0.126 e. The molecule has 0 aromatic heterocycles. The molecular weight excluding hydrogens is 275 g/mol. The van der Waals surface area contributed by atoms with E-state index in [4.69, 9.17) is 11.6 Å². The van der Waals surface area contributed by atoms with Gasteiger partial charge in [-0.1, -0.05) is 55.3 Å². The van der Waals surface area contributed by atoms with Crippen molar-refractivity contribution in [1.29, 1.82) is 0 Å². The van der Waals surface area contributed by atoms with Crippen LogP contribution in [-0.4, -0.2) is 5.11 Å². The molecule has 0 aliphatic heterocycles. The lowest BCUT2D eigenvalue weighted by Crippen LogP contribution is -2.28. The Bertz CT molecular complexity index is 570. The molecule has 1 atom stereocenters. The van der Waals surface area contributed by atoms with Crippen LogP contribution in [0.15, 0.2) is 48.5 Å². The first kappa shape index (κ1) is 15.0. The minimum absolute atomic E-state index is 0.219. The fourth-order valence-corrected chi connectivity index (χ4v) is 2.69. The second-order valence-corrected chi connectivity index (χ2v) is 5.50. The summed E-state index contributed by atoms with van der Waals surface area (Å²) in [6.45, 7) is 2.00. The normalized spacial score (nSPS) is 14.0. The van der Waals surface area contributed by atoms with E-state index in [1.165, 1.54) is 12.1 Å². The minimum atomic E-state index is -1.07. The van der Waals surface area contributed by atoms with E-state index < -0.39 is 5.60 Å². The van der Waals surface area contributed by atoms with Crippen LogP contribution in [0.1, 0.15) is 30.9 Å². The van der Waals surface area contributed by atoms with Crippen LogP contribution in [0.4, 0.5) is 4.39 Å². The van der Waals surface area contributed by atoms with Crippen LogP contribution in [-0.2, 0) is 12.0 Å². The van der Waals surface area contributed by atoms with Crippen molar-refractivity contribution in [1.82, 2.24) is 0 Å². The van der Waals surface area contributed by atoms with Crippen molar-refractivity contribution in [2.45, 2.75) is 31.8 Å². The fourth-order valence-electron chi connectivity index (χ4n) is 2.49. The van der Waals surface area contributed by atoms with E-state index in [0.29, 0.717) is 17.0 Å². The van der Waals surface area contributed by atoms with Gasteiger partial charge in [-0.05, 0) is 35.7 Å². The average molecular weight is 293 g/mol. The van der Waals surface area contributed by atoms with Crippen molar-refractivity contribution < 1.29 is 9.50 Å². The Labute approximate surface area is 124 Å². The molecule has 0 heterocycles. The van der Waals surface area contributed by atoms with E-state index in [1.54, 1.807) is 6.07 Å². The van der Waals surface area contributed by atoms with Crippen LogP contribution < -0.4 is 0 Å². The molecule has 1 unspecified atom stereocenters. The van der Waals surface area contributed by atoms with Gasteiger partial charge in [0.2, 0.25) is 0 Å². The molecule has 0 saturated heterocycles. The first-order valence-corrected chi connectivity index (χ1v) is 7.15. The molecular formula is C17H18ClFO. The van der Waals surface area contributed by atoms with Crippen LogP contribution in [0.25, 0.3) is 0 Å². The molecule has 0 saturated carbocycles. The summed E-state index contributed by atoms with van der Waals surface area (Å²) in [7, 11) is 0. The third kappa shape index (κ3) is 3.38. The van der Waals surface area contributed by atoms with Gasteiger partial charge in [-0.3, -0.25) is 0 Å². The van der Waals surface area contributed by atoms with Gasteiger partial charge in [0.25, 0.3) is 0 Å². The molecule has 1 N–H and O–H groups in total. The lowest BCUT2D eigenvalue weighted by molar-refractivity contribution is 0.0261. The summed E-state index contributed by atoms with van der Waals surface area (Å²) in [4.78, 5) is 0. The summed E-state index contributed by atoms with van der Waals surface area (Å²) in [5.41, 5.74) is 0.181. The van der Waals surface area contributed by atoms with Crippen molar-refractivity contribution in [3.8, 4) is 0 Å². The summed E-state index contributed by atoms with van der Waals surface area (Å²) >= 11 is 5.92. The molecule has 0 bridgehead atoms. The third-order valence-electron chi connectivity index (χ3n) is 3.47. The monoisotopic (exact) mass is 292 g/mol. The van der Waals surface area contributed by atoms with Gasteiger partial charge in [0.05, 0.1) is 5.60 Å². The largest absolute Gasteiger partial charge is 0.385 e. The number of rotatable bonds is 5. The number of aliphatic hydroxyl groups is 1. The number of benzene rings is 2. The smallest absolute Gasteiger partial charge is 0.126 e. The highest BCUT2D eigenvalue weighted by Crippen LogP contribution is 2.32. The molecule has 0 aliphatic rings. The molecule has 3 heteroatoms. The highest BCUT2D eigenvalue weighted by molar-refractivity contribution is 6.30. The minimum Gasteiger partial charge on any atom is -0.385 e. The van der Waals surface area contributed by atoms with Gasteiger partial charge in [-0.15, -0.1) is 0 Å². The predicted molar refractivity (Wildman–Crippen MR) is 80.4 cm³/mol. The zero-order valence-corrected chi connectivity index (χ0v) is 12.2. The standard InChI is InChI=1S/C17H18ClFO/c1-2-10-17(20,14-6-4-3-5-7-14)12-13-11-15(18)8-9-16(13)19/h3-9,11,20H,2,10,12H2,1H3. The molecule has 2 aromatic rings. The Kier molecular flexibility index (Phi) is 4.79. The molecule has 1 nitrogen and oxygen atoms in total. The topological polar surface area (TPSA) is 20.2 Å². The van der Waals surface area contributed by atoms with Crippen LogP contribution in [0, 0.1) is 5.82 Å². The van der Waals surface area contributed by atoms with Crippen molar-refractivity contribution in [3.05, 3.63) is 70.5 Å². The van der Waals surface area contributed by atoms with E-state index in [2.05, 4.69) is 0 Å². The Morgan fingerprint density at radius 3 is 2.50 bits per heavy atom. The quantitative estimate of drug-likeness (QED) is 0.846. The lowest BCUT2D eigenvalue weighted by atomic mass is 9.83. The maximum absolute atomic E-state index is 13.9. The number of hydrogen-bond donors (Lipinski definition) is 1. The second-order valence-electron chi connectivity index (χ2n) is 5.06. The van der Waals surface area contributed by atoms with Crippen molar-refractivity contribution in [2.75, 3.05) is 0 Å². The van der Waals surface area contributed by atoms with Crippen LogP contribution in [0.3, 0.4) is 0 Å². The zero-order valence-electron chi connectivity index (χ0n) is 11.4. The number of halogens is 2. The maximum atomic E-state index is 13.9. The number of hydrogen-bond acceptors (Lipinski definition) is 1. The van der Waals surface area contributed by atoms with Gasteiger partial charge in [0, 0.05) is 11.4 Å². The summed E-state index contributed by atoms with van der Waals surface area (Å²) < 4.78 is 13.9. The highest BCUT2D eigenvalue weighted by atomic mass is 35.5. The zero-order chi connectivity index (χ0) is 14.6. The van der Waals surface area contributed by atoms with Crippen LogP contribution in [0.5, 0.6) is 0 Å². The first-order valence-electron chi connectivity index (χ1n) is 6.77. The predicted octanol–water partition coefficient (Wildman–Crippen LogP) is 4.71. The van der Waals surface area contributed by atoms with Crippen molar-refractivity contribution in [2.24, 2.45) is 0 Å². The Hall–Kier alpha value is -1.38. The Morgan fingerprint density at radius 1 is 1.15 bits per heavy atom. The highest BCUT2D eigenvalue weighted by Gasteiger charge is 2.29. The molecule has 0 radical (unpaired) electrons. The summed E-state index contributed by atoms with van der Waals surface area (Å²) in [6, 6.07) is 13.8. The lowest BCUT2D eigenvalue weighted by Gasteiger charge is -2.29. The molecule has 2 aromatic carbocycles. The Balaban J connectivity index is 2.36. The van der Waals surface area contributed by atoms with E-state index in [-0.39, 0.29) is 12.2 Å². The third-order valence-corrected chi connectivity index (χ3v) is 3.70. The van der Waals surface area contributed by atoms with Crippen molar-refractivity contribution in [3.63, 3.8) is 0 Å². The van der Waals surface area contributed by atoms with E-state index >= 15 is 0 Å². The van der Waals surface area contributed by atoms with Gasteiger partial charge in [0.15, 0.2) is 0 Å². The summed E-state index contributed by atoms with van der Waals surface area (Å²) in [5, 5.41) is 11.4. The van der Waals surface area contributed by atoms with E-state index in [9.17, 15) is 9.50 Å². The molecule has 0 fully saturated rings. The van der Waals surface area contributed by atoms with Gasteiger partial charge in [-0.2, -0.15) is 0 Å². The molecule has 106 valence electrons.